The first kappa shape index (κ1) is 16.1. The summed E-state index contributed by atoms with van der Waals surface area (Å²) in [4.78, 5) is 21.8. The van der Waals surface area contributed by atoms with Crippen LogP contribution in [0.1, 0.15) is 22.8 Å². The van der Waals surface area contributed by atoms with Gasteiger partial charge in [0.25, 0.3) is 5.69 Å². The van der Waals surface area contributed by atoms with Gasteiger partial charge in [-0.2, -0.15) is 8.78 Å². The van der Waals surface area contributed by atoms with Gasteiger partial charge in [0.05, 0.1) is 34.6 Å². The van der Waals surface area contributed by atoms with Gasteiger partial charge in [-0.25, -0.2) is 4.79 Å². The molecule has 0 unspecified atom stereocenters. The van der Waals surface area contributed by atoms with Crippen molar-refractivity contribution in [2.45, 2.75) is 19.4 Å². The number of nitrogens with zero attached hydrogens (tertiary/aromatic N) is 1. The second kappa shape index (κ2) is 6.99. The fraction of sp³-hybridized carbons (Fsp3) is 0.364. The van der Waals surface area contributed by atoms with Crippen molar-refractivity contribution in [3.05, 3.63) is 33.4 Å². The number of nitro groups is 1. The highest BCUT2D eigenvalue weighted by Gasteiger charge is 2.25. The van der Waals surface area contributed by atoms with Gasteiger partial charge in [0.2, 0.25) is 0 Å². The monoisotopic (exact) mass is 309 g/mol. The number of hydrogen-bond acceptors (Lipinski definition) is 5. The van der Waals surface area contributed by atoms with Gasteiger partial charge in [-0.1, -0.05) is 0 Å². The molecule has 0 aliphatic rings. The molecule has 0 fully saturated rings. The molecule has 0 amide bonds. The Balaban J connectivity index is 3.40. The van der Waals surface area contributed by atoms with Gasteiger partial charge < -0.3 is 9.47 Å². The van der Waals surface area contributed by atoms with Crippen LogP contribution in [0.15, 0.2) is 12.1 Å². The molecular formula is C11H10ClF2NO5. The number of ether oxygens (including phenoxy) is 2. The fourth-order valence-electron chi connectivity index (χ4n) is 1.50. The van der Waals surface area contributed by atoms with Crippen molar-refractivity contribution in [1.29, 1.82) is 0 Å². The van der Waals surface area contributed by atoms with Gasteiger partial charge in [-0.3, -0.25) is 10.1 Å². The largest absolute Gasteiger partial charge is 0.462 e. The molecule has 0 heterocycles. The molecule has 0 aliphatic carbocycles. The summed E-state index contributed by atoms with van der Waals surface area (Å²) < 4.78 is 33.2. The van der Waals surface area contributed by atoms with E-state index in [-0.39, 0.29) is 23.6 Å². The third-order valence-electron chi connectivity index (χ3n) is 2.25. The predicted octanol–water partition coefficient (Wildman–Crippen LogP) is 3.11. The molecule has 0 bridgehead atoms. The molecule has 0 aliphatic heterocycles. The number of halogens is 3. The SMILES string of the molecule is CCOC(=O)c1cc(OC(F)F)cc([N+](=O)[O-])c1CCl. The van der Waals surface area contributed by atoms with Crippen molar-refractivity contribution >= 4 is 23.3 Å². The minimum Gasteiger partial charge on any atom is -0.462 e. The maximum Gasteiger partial charge on any atom is 0.387 e. The Labute approximate surface area is 117 Å². The molecule has 1 aromatic carbocycles. The molecule has 0 N–H and O–H groups in total. The first-order valence-electron chi connectivity index (χ1n) is 5.39. The Morgan fingerprint density at radius 2 is 2.15 bits per heavy atom. The smallest absolute Gasteiger partial charge is 0.387 e. The zero-order valence-corrected chi connectivity index (χ0v) is 11.0. The van der Waals surface area contributed by atoms with Crippen molar-refractivity contribution in [3.8, 4) is 5.75 Å². The van der Waals surface area contributed by atoms with E-state index in [0.717, 1.165) is 12.1 Å². The van der Waals surface area contributed by atoms with Crippen molar-refractivity contribution < 1.29 is 28.0 Å². The van der Waals surface area contributed by atoms with Crippen LogP contribution < -0.4 is 4.74 Å². The van der Waals surface area contributed by atoms with Crippen LogP contribution in [0.5, 0.6) is 5.75 Å². The average Bonchev–Trinajstić information content (AvgIpc) is 2.37. The first-order valence-corrected chi connectivity index (χ1v) is 5.93. The zero-order valence-electron chi connectivity index (χ0n) is 10.3. The lowest BCUT2D eigenvalue weighted by molar-refractivity contribution is -0.385. The third-order valence-corrected chi connectivity index (χ3v) is 2.52. The topological polar surface area (TPSA) is 78.7 Å². The van der Waals surface area contributed by atoms with E-state index in [2.05, 4.69) is 4.74 Å². The minimum absolute atomic E-state index is 0.0221. The molecule has 0 atom stereocenters. The van der Waals surface area contributed by atoms with Gasteiger partial charge in [0, 0.05) is 0 Å². The number of hydrogen-bond donors (Lipinski definition) is 0. The van der Waals surface area contributed by atoms with Crippen molar-refractivity contribution in [3.63, 3.8) is 0 Å². The minimum atomic E-state index is -3.17. The Hall–Kier alpha value is -1.96. The molecule has 110 valence electrons. The molecule has 0 radical (unpaired) electrons. The van der Waals surface area contributed by atoms with Gasteiger partial charge in [-0.05, 0) is 13.0 Å². The second-order valence-corrected chi connectivity index (χ2v) is 3.73. The molecule has 20 heavy (non-hydrogen) atoms. The van der Waals surface area contributed by atoms with Gasteiger partial charge in [-0.15, -0.1) is 11.6 Å². The van der Waals surface area contributed by atoms with Crippen molar-refractivity contribution in [2.24, 2.45) is 0 Å². The zero-order chi connectivity index (χ0) is 15.3. The fourth-order valence-corrected chi connectivity index (χ4v) is 1.78. The number of rotatable bonds is 6. The van der Waals surface area contributed by atoms with Crippen LogP contribution in [-0.2, 0) is 10.6 Å². The van der Waals surface area contributed by atoms with Crippen LogP contribution in [0.4, 0.5) is 14.5 Å². The summed E-state index contributed by atoms with van der Waals surface area (Å²) in [5.74, 6) is -1.76. The number of nitro benzene ring substituents is 1. The van der Waals surface area contributed by atoms with E-state index in [1.807, 2.05) is 0 Å². The van der Waals surface area contributed by atoms with E-state index in [0.29, 0.717) is 0 Å². The van der Waals surface area contributed by atoms with Crippen LogP contribution in [0, 0.1) is 10.1 Å². The Morgan fingerprint density at radius 1 is 1.50 bits per heavy atom. The molecule has 0 saturated heterocycles. The lowest BCUT2D eigenvalue weighted by Crippen LogP contribution is -2.11. The quantitative estimate of drug-likeness (QED) is 0.349. The van der Waals surface area contributed by atoms with Gasteiger partial charge >= 0.3 is 12.6 Å². The number of carbonyl (C=O) groups is 1. The molecule has 6 nitrogen and oxygen atoms in total. The van der Waals surface area contributed by atoms with Crippen molar-refractivity contribution in [1.82, 2.24) is 0 Å². The van der Waals surface area contributed by atoms with E-state index in [1.165, 1.54) is 6.92 Å². The van der Waals surface area contributed by atoms with Crippen LogP contribution in [-0.4, -0.2) is 24.1 Å². The second-order valence-electron chi connectivity index (χ2n) is 3.46. The normalized spacial score (nSPS) is 10.4. The summed E-state index contributed by atoms with van der Waals surface area (Å²) in [5, 5.41) is 10.9. The van der Waals surface area contributed by atoms with E-state index < -0.39 is 28.9 Å². The maximum absolute atomic E-state index is 12.2. The van der Waals surface area contributed by atoms with Crippen LogP contribution in [0.25, 0.3) is 0 Å². The number of benzene rings is 1. The van der Waals surface area contributed by atoms with E-state index in [9.17, 15) is 23.7 Å². The van der Waals surface area contributed by atoms with Crippen molar-refractivity contribution in [2.75, 3.05) is 6.61 Å². The van der Waals surface area contributed by atoms with Crippen LogP contribution >= 0.6 is 11.6 Å². The molecule has 1 rings (SSSR count). The summed E-state index contributed by atoms with van der Waals surface area (Å²) in [6.07, 6.45) is 0. The number of esters is 1. The number of carbonyl (C=O) groups excluding carboxylic acids is 1. The predicted molar refractivity (Wildman–Crippen MR) is 65.2 cm³/mol. The average molecular weight is 310 g/mol. The standard InChI is InChI=1S/C11H10ClF2NO5/c1-2-19-10(16)7-3-6(20-11(13)14)4-9(15(17)18)8(7)5-12/h3-4,11H,2,5H2,1H3. The van der Waals surface area contributed by atoms with E-state index >= 15 is 0 Å². The highest BCUT2D eigenvalue weighted by molar-refractivity contribution is 6.18. The summed E-state index contributed by atoms with van der Waals surface area (Å²) in [5.41, 5.74) is -0.968. The molecule has 0 aromatic heterocycles. The van der Waals surface area contributed by atoms with Gasteiger partial charge in [0.1, 0.15) is 5.75 Å². The Bertz CT molecular complexity index is 524. The van der Waals surface area contributed by atoms with Crippen LogP contribution in [0.2, 0.25) is 0 Å². The molecule has 1 aromatic rings. The van der Waals surface area contributed by atoms with Gasteiger partial charge in [0.15, 0.2) is 0 Å². The highest BCUT2D eigenvalue weighted by atomic mass is 35.5. The summed E-state index contributed by atoms with van der Waals surface area (Å²) in [7, 11) is 0. The highest BCUT2D eigenvalue weighted by Crippen LogP contribution is 2.31. The molecule has 0 saturated carbocycles. The van der Waals surface area contributed by atoms with Crippen LogP contribution in [0.3, 0.4) is 0 Å². The first-order chi connectivity index (χ1) is 9.40. The number of alkyl halides is 3. The Kier molecular flexibility index (Phi) is 5.63. The third kappa shape index (κ3) is 3.77. The molecule has 0 spiro atoms. The van der Waals surface area contributed by atoms with E-state index in [4.69, 9.17) is 16.3 Å². The molecule has 9 heteroatoms. The Morgan fingerprint density at radius 3 is 2.60 bits per heavy atom. The summed E-state index contributed by atoms with van der Waals surface area (Å²) in [6, 6.07) is 1.72. The summed E-state index contributed by atoms with van der Waals surface area (Å²) in [6.45, 7) is -1.62. The lowest BCUT2D eigenvalue weighted by atomic mass is 10.1. The lowest BCUT2D eigenvalue weighted by Gasteiger charge is -2.11. The molecular weight excluding hydrogens is 300 g/mol. The summed E-state index contributed by atoms with van der Waals surface area (Å²) >= 11 is 5.58. The van der Waals surface area contributed by atoms with E-state index in [1.54, 1.807) is 0 Å². The maximum atomic E-state index is 12.2.